The molecule has 0 aromatic heterocycles. The fourth-order valence-corrected chi connectivity index (χ4v) is 1.05. The Labute approximate surface area is 86.8 Å². The first kappa shape index (κ1) is 11.6. The molecule has 0 unspecified atom stereocenters. The summed E-state index contributed by atoms with van der Waals surface area (Å²) in [5.41, 5.74) is 0.0788. The van der Waals surface area contributed by atoms with E-state index >= 15 is 0 Å². The molecule has 1 aromatic carbocycles. The second-order valence-electron chi connectivity index (χ2n) is 3.40. The molecule has 0 bridgehead atoms. The van der Waals surface area contributed by atoms with Crippen LogP contribution in [0.4, 0.5) is 10.1 Å². The van der Waals surface area contributed by atoms with Crippen molar-refractivity contribution in [2.75, 3.05) is 0 Å². The lowest BCUT2D eigenvalue weighted by Gasteiger charge is -2.07. The molecule has 0 aliphatic carbocycles. The lowest BCUT2D eigenvalue weighted by atomic mass is 10.2. The van der Waals surface area contributed by atoms with Gasteiger partial charge in [0, 0.05) is 6.07 Å². The van der Waals surface area contributed by atoms with Gasteiger partial charge in [-0.3, -0.25) is 10.1 Å². The van der Waals surface area contributed by atoms with Crippen LogP contribution in [0.5, 0.6) is 0 Å². The zero-order chi connectivity index (χ0) is 11.4. The van der Waals surface area contributed by atoms with Crippen molar-refractivity contribution in [3.63, 3.8) is 0 Å². The van der Waals surface area contributed by atoms with E-state index in [1.807, 2.05) is 13.8 Å². The number of hydrogen-bond donors (Lipinski definition) is 0. The third-order valence-corrected chi connectivity index (χ3v) is 1.79. The van der Waals surface area contributed by atoms with Crippen LogP contribution < -0.4 is 0 Å². The number of halogens is 1. The highest BCUT2D eigenvalue weighted by atomic mass is 19.1. The van der Waals surface area contributed by atoms with Crippen LogP contribution >= 0.6 is 0 Å². The summed E-state index contributed by atoms with van der Waals surface area (Å²) in [5.74, 6) is -0.829. The Hall–Kier alpha value is -1.49. The number of ether oxygens (including phenoxy) is 1. The van der Waals surface area contributed by atoms with Gasteiger partial charge in [0.1, 0.15) is 0 Å². The van der Waals surface area contributed by atoms with Crippen molar-refractivity contribution in [2.24, 2.45) is 0 Å². The molecule has 1 rings (SSSR count). The van der Waals surface area contributed by atoms with Crippen LogP contribution in [0.2, 0.25) is 0 Å². The first-order valence-electron chi connectivity index (χ1n) is 4.55. The van der Waals surface area contributed by atoms with E-state index in [4.69, 9.17) is 4.74 Å². The predicted octanol–water partition coefficient (Wildman–Crippen LogP) is 2.66. The SMILES string of the molecule is CC(C)OCc1ccc([N+](=O)[O-])c(F)c1. The molecule has 0 saturated heterocycles. The van der Waals surface area contributed by atoms with Gasteiger partial charge in [-0.25, -0.2) is 0 Å². The Balaban J connectivity index is 2.78. The second kappa shape index (κ2) is 4.84. The van der Waals surface area contributed by atoms with Crippen molar-refractivity contribution in [1.82, 2.24) is 0 Å². The number of rotatable bonds is 4. The number of nitrogens with zero attached hydrogens (tertiary/aromatic N) is 1. The van der Waals surface area contributed by atoms with E-state index in [1.54, 1.807) is 0 Å². The lowest BCUT2D eigenvalue weighted by molar-refractivity contribution is -0.387. The molecule has 0 N–H and O–H groups in total. The predicted molar refractivity (Wildman–Crippen MR) is 53.0 cm³/mol. The van der Waals surface area contributed by atoms with E-state index in [9.17, 15) is 14.5 Å². The van der Waals surface area contributed by atoms with E-state index in [-0.39, 0.29) is 12.7 Å². The van der Waals surface area contributed by atoms with Crippen molar-refractivity contribution >= 4 is 5.69 Å². The molecule has 0 radical (unpaired) electrons. The topological polar surface area (TPSA) is 52.4 Å². The Morgan fingerprint density at radius 3 is 2.67 bits per heavy atom. The molecule has 0 amide bonds. The number of nitro benzene ring substituents is 1. The Kier molecular flexibility index (Phi) is 3.74. The van der Waals surface area contributed by atoms with Crippen LogP contribution in [0, 0.1) is 15.9 Å². The molecule has 1 aromatic rings. The van der Waals surface area contributed by atoms with Crippen LogP contribution in [0.25, 0.3) is 0 Å². The molecule has 0 aliphatic rings. The van der Waals surface area contributed by atoms with Crippen LogP contribution in [0.1, 0.15) is 19.4 Å². The van der Waals surface area contributed by atoms with E-state index in [0.717, 1.165) is 12.1 Å². The summed E-state index contributed by atoms with van der Waals surface area (Å²) >= 11 is 0. The number of hydrogen-bond acceptors (Lipinski definition) is 3. The Morgan fingerprint density at radius 2 is 2.20 bits per heavy atom. The summed E-state index contributed by atoms with van der Waals surface area (Å²) in [4.78, 5) is 9.59. The monoisotopic (exact) mass is 213 g/mol. The smallest absolute Gasteiger partial charge is 0.304 e. The van der Waals surface area contributed by atoms with Crippen LogP contribution in [-0.4, -0.2) is 11.0 Å². The maximum atomic E-state index is 13.1. The maximum absolute atomic E-state index is 13.1. The average Bonchev–Trinajstić information content (AvgIpc) is 2.14. The summed E-state index contributed by atoms with van der Waals surface area (Å²) in [5, 5.41) is 10.3. The van der Waals surface area contributed by atoms with Crippen LogP contribution in [0.3, 0.4) is 0 Å². The van der Waals surface area contributed by atoms with Crippen molar-refractivity contribution in [3.05, 3.63) is 39.7 Å². The fraction of sp³-hybridized carbons (Fsp3) is 0.400. The maximum Gasteiger partial charge on any atom is 0.304 e. The summed E-state index contributed by atoms with van der Waals surface area (Å²) in [7, 11) is 0. The highest BCUT2D eigenvalue weighted by Gasteiger charge is 2.13. The zero-order valence-electron chi connectivity index (χ0n) is 8.57. The lowest BCUT2D eigenvalue weighted by Crippen LogP contribution is -2.03. The summed E-state index contributed by atoms with van der Waals surface area (Å²) < 4.78 is 18.4. The third kappa shape index (κ3) is 3.28. The summed E-state index contributed by atoms with van der Waals surface area (Å²) in [6.07, 6.45) is 0.0447. The molecule has 4 nitrogen and oxygen atoms in total. The summed E-state index contributed by atoms with van der Waals surface area (Å²) in [6.45, 7) is 3.98. The normalized spacial score (nSPS) is 10.7. The molecule has 15 heavy (non-hydrogen) atoms. The van der Waals surface area contributed by atoms with Crippen molar-refractivity contribution in [1.29, 1.82) is 0 Å². The molecule has 82 valence electrons. The van der Waals surface area contributed by atoms with Crippen molar-refractivity contribution in [3.8, 4) is 0 Å². The van der Waals surface area contributed by atoms with Crippen molar-refractivity contribution < 1.29 is 14.1 Å². The van der Waals surface area contributed by atoms with Crippen molar-refractivity contribution in [2.45, 2.75) is 26.6 Å². The largest absolute Gasteiger partial charge is 0.374 e. The fourth-order valence-electron chi connectivity index (χ4n) is 1.05. The van der Waals surface area contributed by atoms with Crippen LogP contribution in [0.15, 0.2) is 18.2 Å². The van der Waals surface area contributed by atoms with E-state index in [1.165, 1.54) is 6.07 Å². The van der Waals surface area contributed by atoms with Gasteiger partial charge in [0.05, 0.1) is 17.6 Å². The molecule has 0 atom stereocenters. The Bertz CT molecular complexity index is 366. The first-order chi connectivity index (χ1) is 7.00. The zero-order valence-corrected chi connectivity index (χ0v) is 8.57. The molecule has 0 fully saturated rings. The van der Waals surface area contributed by atoms with Gasteiger partial charge < -0.3 is 4.74 Å². The third-order valence-electron chi connectivity index (χ3n) is 1.79. The van der Waals surface area contributed by atoms with Gasteiger partial charge in [0.15, 0.2) is 0 Å². The average molecular weight is 213 g/mol. The first-order valence-corrected chi connectivity index (χ1v) is 4.55. The highest BCUT2D eigenvalue weighted by Crippen LogP contribution is 2.18. The van der Waals surface area contributed by atoms with Gasteiger partial charge in [-0.15, -0.1) is 0 Å². The molecule has 0 heterocycles. The minimum atomic E-state index is -0.829. The molecule has 0 spiro atoms. The number of nitro groups is 1. The van der Waals surface area contributed by atoms with E-state index in [0.29, 0.717) is 5.56 Å². The standard InChI is InChI=1S/C10H12FNO3/c1-7(2)15-6-8-3-4-10(12(13)14)9(11)5-8/h3-5,7H,6H2,1-2H3. The highest BCUT2D eigenvalue weighted by molar-refractivity contribution is 5.34. The minimum Gasteiger partial charge on any atom is -0.374 e. The van der Waals surface area contributed by atoms with Gasteiger partial charge in [0.2, 0.25) is 5.82 Å². The second-order valence-corrected chi connectivity index (χ2v) is 3.40. The molecular weight excluding hydrogens is 201 g/mol. The Morgan fingerprint density at radius 1 is 1.53 bits per heavy atom. The molecule has 0 saturated carbocycles. The molecule has 5 heteroatoms. The van der Waals surface area contributed by atoms with Crippen LogP contribution in [-0.2, 0) is 11.3 Å². The van der Waals surface area contributed by atoms with Gasteiger partial charge >= 0.3 is 5.69 Å². The van der Waals surface area contributed by atoms with Gasteiger partial charge in [-0.2, -0.15) is 4.39 Å². The van der Waals surface area contributed by atoms with E-state index < -0.39 is 16.4 Å². The quantitative estimate of drug-likeness (QED) is 0.570. The van der Waals surface area contributed by atoms with E-state index in [2.05, 4.69) is 0 Å². The van der Waals surface area contributed by atoms with Gasteiger partial charge in [-0.1, -0.05) is 0 Å². The minimum absolute atomic E-state index is 0.0447. The molecular formula is C10H12FNO3. The molecule has 0 aliphatic heterocycles. The number of benzene rings is 1. The van der Waals surface area contributed by atoms with Gasteiger partial charge in [-0.05, 0) is 31.5 Å². The summed E-state index contributed by atoms with van der Waals surface area (Å²) in [6, 6.07) is 3.76. The van der Waals surface area contributed by atoms with Gasteiger partial charge in [0.25, 0.3) is 0 Å².